The molecule has 2 aromatic carbocycles. The maximum absolute atomic E-state index is 14.4. The van der Waals surface area contributed by atoms with Crippen molar-refractivity contribution in [3.8, 4) is 5.75 Å². The van der Waals surface area contributed by atoms with Gasteiger partial charge in [-0.3, -0.25) is 9.52 Å². The minimum absolute atomic E-state index is 0.149. The fourth-order valence-electron chi connectivity index (χ4n) is 3.62. The molecule has 3 amide bonds. The second-order valence-corrected chi connectivity index (χ2v) is 10.8. The van der Waals surface area contributed by atoms with Gasteiger partial charge in [0.15, 0.2) is 0 Å². The van der Waals surface area contributed by atoms with E-state index >= 15 is 0 Å². The van der Waals surface area contributed by atoms with Gasteiger partial charge in [0.05, 0.1) is 24.7 Å². The summed E-state index contributed by atoms with van der Waals surface area (Å²) in [5, 5.41) is 2.68. The number of carbonyl (C=O) groups excluding carboxylic acids is 2. The number of hydrogen-bond donors (Lipinski definition) is 2. The average Bonchev–Trinajstić information content (AvgIpc) is 2.72. The van der Waals surface area contributed by atoms with Crippen molar-refractivity contribution in [3.05, 3.63) is 52.8 Å². The third kappa shape index (κ3) is 5.74. The summed E-state index contributed by atoms with van der Waals surface area (Å²) in [4.78, 5) is 26.1. The second kappa shape index (κ2) is 9.46. The van der Waals surface area contributed by atoms with E-state index in [2.05, 4.69) is 10.0 Å². The van der Waals surface area contributed by atoms with E-state index in [1.807, 2.05) is 20.8 Å². The Balaban J connectivity index is 2.08. The van der Waals surface area contributed by atoms with E-state index in [9.17, 15) is 22.4 Å². The van der Waals surface area contributed by atoms with Crippen LogP contribution in [0.3, 0.4) is 0 Å². The molecule has 0 atom stereocenters. The molecule has 1 heterocycles. The van der Waals surface area contributed by atoms with Gasteiger partial charge in [-0.2, -0.15) is 0 Å². The number of anilines is 2. The molecule has 0 radical (unpaired) electrons. The Kier molecular flexibility index (Phi) is 7.02. The Morgan fingerprint density at radius 1 is 1.15 bits per heavy atom. The highest BCUT2D eigenvalue weighted by Crippen LogP contribution is 2.39. The zero-order valence-electron chi connectivity index (χ0n) is 19.7. The number of imide groups is 1. The van der Waals surface area contributed by atoms with Gasteiger partial charge in [-0.05, 0) is 35.2 Å². The van der Waals surface area contributed by atoms with Gasteiger partial charge in [-0.25, -0.2) is 22.5 Å². The van der Waals surface area contributed by atoms with E-state index in [0.29, 0.717) is 29.1 Å². The quantitative estimate of drug-likeness (QED) is 0.594. The number of methoxy groups -OCH3 is 1. The molecule has 0 unspecified atom stereocenters. The highest BCUT2D eigenvalue weighted by molar-refractivity contribution is 7.92. The summed E-state index contributed by atoms with van der Waals surface area (Å²) < 4.78 is 44.9. The number of amides is 3. The Bertz CT molecular complexity index is 1250. The summed E-state index contributed by atoms with van der Waals surface area (Å²) in [7, 11) is -2.08. The number of urea groups is 1. The minimum atomic E-state index is -3.61. The molecule has 10 heteroatoms. The van der Waals surface area contributed by atoms with Crippen LogP contribution >= 0.6 is 0 Å². The molecule has 1 saturated heterocycles. The third-order valence-corrected chi connectivity index (χ3v) is 5.77. The SMILES string of the molecule is COc1c(/C=C/c2ccc(NS(C)(=O)=O)c(F)c2)cc(N2C(=O)CCNC2=O)cc1C(C)(C)C. The first kappa shape index (κ1) is 25.2. The van der Waals surface area contributed by atoms with E-state index in [0.717, 1.165) is 16.7 Å². The van der Waals surface area contributed by atoms with Crippen LogP contribution in [0.4, 0.5) is 20.6 Å². The van der Waals surface area contributed by atoms with Crippen LogP contribution in [0.5, 0.6) is 5.75 Å². The average molecular weight is 490 g/mol. The van der Waals surface area contributed by atoms with Crippen molar-refractivity contribution in [2.24, 2.45) is 0 Å². The summed E-state index contributed by atoms with van der Waals surface area (Å²) in [6, 6.07) is 7.05. The predicted molar refractivity (Wildman–Crippen MR) is 131 cm³/mol. The molecular formula is C24H28FN3O5S. The van der Waals surface area contributed by atoms with Gasteiger partial charge in [-0.1, -0.05) is 39.0 Å². The molecule has 1 aliphatic heterocycles. The maximum atomic E-state index is 14.4. The lowest BCUT2D eigenvalue weighted by atomic mass is 9.84. The van der Waals surface area contributed by atoms with Gasteiger partial charge in [0.2, 0.25) is 15.9 Å². The fraction of sp³-hybridized carbons (Fsp3) is 0.333. The molecule has 3 rings (SSSR count). The number of benzene rings is 2. The van der Waals surface area contributed by atoms with Crippen molar-refractivity contribution in [1.29, 1.82) is 0 Å². The Morgan fingerprint density at radius 2 is 1.85 bits per heavy atom. The molecule has 0 bridgehead atoms. The van der Waals surface area contributed by atoms with Crippen LogP contribution in [-0.2, 0) is 20.2 Å². The van der Waals surface area contributed by atoms with Crippen LogP contribution in [0.15, 0.2) is 30.3 Å². The molecule has 8 nitrogen and oxygen atoms in total. The minimum Gasteiger partial charge on any atom is -0.496 e. The van der Waals surface area contributed by atoms with Crippen molar-refractivity contribution < 1.29 is 27.1 Å². The number of ether oxygens (including phenoxy) is 1. The van der Waals surface area contributed by atoms with Crippen LogP contribution in [0.1, 0.15) is 43.9 Å². The van der Waals surface area contributed by atoms with Crippen molar-refractivity contribution in [2.75, 3.05) is 29.5 Å². The first-order valence-electron chi connectivity index (χ1n) is 10.6. The molecule has 2 aromatic rings. The van der Waals surface area contributed by atoms with Gasteiger partial charge in [0.1, 0.15) is 11.6 Å². The van der Waals surface area contributed by atoms with Gasteiger partial charge >= 0.3 is 6.03 Å². The summed E-state index contributed by atoms with van der Waals surface area (Å²) in [6.45, 7) is 6.26. The van der Waals surface area contributed by atoms with Crippen molar-refractivity contribution in [2.45, 2.75) is 32.6 Å². The molecule has 34 heavy (non-hydrogen) atoms. The van der Waals surface area contributed by atoms with Crippen molar-refractivity contribution >= 4 is 45.5 Å². The van der Waals surface area contributed by atoms with Gasteiger partial charge in [0, 0.05) is 24.1 Å². The molecule has 0 spiro atoms. The summed E-state index contributed by atoms with van der Waals surface area (Å²) in [5.74, 6) is -0.466. The standard InChI is InChI=1S/C24H28FN3O5S/c1-24(2,3)18-14-17(28-21(29)10-11-26-23(28)30)13-16(22(18)33-4)8-6-15-7-9-20(19(25)12-15)27-34(5,31)32/h6-9,12-14,27H,10-11H2,1-5H3,(H,26,30)/b8-6+. The molecule has 0 saturated carbocycles. The summed E-state index contributed by atoms with van der Waals surface area (Å²) >= 11 is 0. The van der Waals surface area contributed by atoms with E-state index in [1.165, 1.54) is 19.2 Å². The van der Waals surface area contributed by atoms with Gasteiger partial charge in [-0.15, -0.1) is 0 Å². The smallest absolute Gasteiger partial charge is 0.328 e. The number of rotatable bonds is 6. The highest BCUT2D eigenvalue weighted by Gasteiger charge is 2.30. The molecule has 0 aliphatic carbocycles. The molecular weight excluding hydrogens is 461 g/mol. The highest BCUT2D eigenvalue weighted by atomic mass is 32.2. The van der Waals surface area contributed by atoms with Crippen LogP contribution in [0.25, 0.3) is 12.2 Å². The second-order valence-electron chi connectivity index (χ2n) is 9.02. The van der Waals surface area contributed by atoms with Crippen LogP contribution in [0, 0.1) is 5.82 Å². The van der Waals surface area contributed by atoms with E-state index in [1.54, 1.807) is 30.4 Å². The zero-order valence-corrected chi connectivity index (χ0v) is 20.5. The van der Waals surface area contributed by atoms with E-state index < -0.39 is 21.9 Å². The first-order valence-corrected chi connectivity index (χ1v) is 12.5. The maximum Gasteiger partial charge on any atom is 0.328 e. The number of nitrogens with zero attached hydrogens (tertiary/aromatic N) is 1. The Morgan fingerprint density at radius 3 is 2.41 bits per heavy atom. The monoisotopic (exact) mass is 489 g/mol. The molecule has 0 aromatic heterocycles. The van der Waals surface area contributed by atoms with Crippen LogP contribution < -0.4 is 19.7 Å². The fourth-order valence-corrected chi connectivity index (χ4v) is 4.18. The lowest BCUT2D eigenvalue weighted by Crippen LogP contribution is -2.50. The number of nitrogens with one attached hydrogen (secondary N) is 2. The number of halogens is 1. The van der Waals surface area contributed by atoms with Crippen molar-refractivity contribution in [3.63, 3.8) is 0 Å². The summed E-state index contributed by atoms with van der Waals surface area (Å²) in [5.41, 5.74) is 1.75. The largest absolute Gasteiger partial charge is 0.496 e. The molecule has 1 fully saturated rings. The van der Waals surface area contributed by atoms with Crippen molar-refractivity contribution in [1.82, 2.24) is 5.32 Å². The number of carbonyl (C=O) groups is 2. The summed E-state index contributed by atoms with van der Waals surface area (Å²) in [6.07, 6.45) is 4.47. The number of hydrogen-bond acceptors (Lipinski definition) is 5. The molecule has 1 aliphatic rings. The third-order valence-electron chi connectivity index (χ3n) is 5.18. The number of sulfonamides is 1. The van der Waals surface area contributed by atoms with E-state index in [-0.39, 0.29) is 23.4 Å². The molecule has 182 valence electrons. The van der Waals surface area contributed by atoms with Gasteiger partial charge < -0.3 is 10.1 Å². The lowest BCUT2D eigenvalue weighted by molar-refractivity contribution is -0.118. The molecule has 2 N–H and O–H groups in total. The van der Waals surface area contributed by atoms with E-state index in [4.69, 9.17) is 4.74 Å². The zero-order chi connectivity index (χ0) is 25.3. The van der Waals surface area contributed by atoms with Gasteiger partial charge in [0.25, 0.3) is 0 Å². The normalized spacial score (nSPS) is 14.9. The Hall–Kier alpha value is -3.40. The van der Waals surface area contributed by atoms with Crippen LogP contribution in [0.2, 0.25) is 0 Å². The lowest BCUT2D eigenvalue weighted by Gasteiger charge is -2.29. The topological polar surface area (TPSA) is 105 Å². The Labute approximate surface area is 198 Å². The first-order chi connectivity index (χ1) is 15.8. The van der Waals surface area contributed by atoms with Crippen LogP contribution in [-0.4, -0.2) is 40.3 Å². The predicted octanol–water partition coefficient (Wildman–Crippen LogP) is 4.12.